The van der Waals surface area contributed by atoms with E-state index in [1.165, 1.54) is 6.92 Å². The zero-order valence-corrected chi connectivity index (χ0v) is 19.4. The van der Waals surface area contributed by atoms with Crippen molar-refractivity contribution < 1.29 is 14.4 Å². The summed E-state index contributed by atoms with van der Waals surface area (Å²) in [6.07, 6.45) is 3.91. The van der Waals surface area contributed by atoms with E-state index in [-0.39, 0.29) is 23.6 Å². The van der Waals surface area contributed by atoms with Gasteiger partial charge < -0.3 is 10.6 Å². The van der Waals surface area contributed by atoms with Gasteiger partial charge in [-0.05, 0) is 61.6 Å². The third-order valence-corrected chi connectivity index (χ3v) is 5.82. The second-order valence-corrected chi connectivity index (χ2v) is 8.73. The standard InChI is InChI=1S/C29H28N2O3/c1-19-3-9-24(10-4-19)27(29(34)31-26-15-16-26)17-21-5-13-25(14-6-21)28(33)30-18-22-7-11-23(12-8-22)20(2)32/h3-14,17,26H,15-16,18H2,1-2H3,(H,30,33)(H,31,34)/b27-17+. The van der Waals surface area contributed by atoms with Crippen LogP contribution in [0.25, 0.3) is 11.6 Å². The van der Waals surface area contributed by atoms with Gasteiger partial charge in [0, 0.05) is 29.3 Å². The van der Waals surface area contributed by atoms with Crippen LogP contribution in [-0.2, 0) is 11.3 Å². The summed E-state index contributed by atoms with van der Waals surface area (Å²) in [5, 5.41) is 5.97. The number of hydrogen-bond donors (Lipinski definition) is 2. The molecule has 1 aliphatic carbocycles. The number of benzene rings is 3. The van der Waals surface area contributed by atoms with E-state index in [0.29, 0.717) is 23.2 Å². The maximum atomic E-state index is 12.9. The minimum absolute atomic E-state index is 0.0141. The summed E-state index contributed by atoms with van der Waals surface area (Å²) >= 11 is 0. The summed E-state index contributed by atoms with van der Waals surface area (Å²) in [5.41, 5.74) is 5.56. The van der Waals surface area contributed by atoms with Gasteiger partial charge in [-0.1, -0.05) is 66.2 Å². The summed E-state index contributed by atoms with van der Waals surface area (Å²) in [6.45, 7) is 3.92. The Balaban J connectivity index is 1.45. The Morgan fingerprint density at radius 2 is 1.41 bits per heavy atom. The molecular formula is C29H28N2O3. The molecule has 4 rings (SSSR count). The highest BCUT2D eigenvalue weighted by Gasteiger charge is 2.25. The van der Waals surface area contributed by atoms with E-state index in [1.807, 2.05) is 61.5 Å². The second-order valence-electron chi connectivity index (χ2n) is 8.73. The van der Waals surface area contributed by atoms with Crippen LogP contribution >= 0.6 is 0 Å². The number of nitrogens with one attached hydrogen (secondary N) is 2. The molecule has 0 radical (unpaired) electrons. The fourth-order valence-electron chi connectivity index (χ4n) is 3.54. The van der Waals surface area contributed by atoms with Gasteiger partial charge in [-0.15, -0.1) is 0 Å². The molecule has 0 aromatic heterocycles. The van der Waals surface area contributed by atoms with E-state index in [9.17, 15) is 14.4 Å². The molecule has 0 atom stereocenters. The van der Waals surface area contributed by atoms with Crippen molar-refractivity contribution in [3.05, 3.63) is 106 Å². The molecule has 1 aliphatic rings. The van der Waals surface area contributed by atoms with Crippen LogP contribution in [0.2, 0.25) is 0 Å². The summed E-state index contributed by atoms with van der Waals surface area (Å²) in [4.78, 5) is 36.8. The normalized spacial score (nSPS) is 13.3. The van der Waals surface area contributed by atoms with Crippen molar-refractivity contribution in [2.24, 2.45) is 0 Å². The van der Waals surface area contributed by atoms with Crippen LogP contribution < -0.4 is 10.6 Å². The lowest BCUT2D eigenvalue weighted by Gasteiger charge is -2.10. The summed E-state index contributed by atoms with van der Waals surface area (Å²) < 4.78 is 0. The van der Waals surface area contributed by atoms with Crippen molar-refractivity contribution in [1.29, 1.82) is 0 Å². The fraction of sp³-hybridized carbons (Fsp3) is 0.207. The van der Waals surface area contributed by atoms with Gasteiger partial charge in [-0.3, -0.25) is 14.4 Å². The summed E-state index contributed by atoms with van der Waals surface area (Å²) in [7, 11) is 0. The van der Waals surface area contributed by atoms with Gasteiger partial charge in [-0.25, -0.2) is 0 Å². The van der Waals surface area contributed by atoms with Gasteiger partial charge in [0.05, 0.1) is 0 Å². The molecule has 0 spiro atoms. The predicted octanol–water partition coefficient (Wildman–Crippen LogP) is 4.95. The molecule has 0 saturated heterocycles. The Hall–Kier alpha value is -3.99. The molecule has 2 N–H and O–H groups in total. The Morgan fingerprint density at radius 3 is 2.00 bits per heavy atom. The average Bonchev–Trinajstić information content (AvgIpc) is 3.66. The first-order valence-electron chi connectivity index (χ1n) is 11.5. The number of hydrogen-bond acceptors (Lipinski definition) is 3. The van der Waals surface area contributed by atoms with Crippen LogP contribution in [0.4, 0.5) is 0 Å². The topological polar surface area (TPSA) is 75.3 Å². The van der Waals surface area contributed by atoms with Crippen LogP contribution in [0.3, 0.4) is 0 Å². The SMILES string of the molecule is CC(=O)c1ccc(CNC(=O)c2ccc(/C=C(/C(=O)NC3CC3)c3ccc(C)cc3)cc2)cc1. The molecule has 0 bridgehead atoms. The minimum atomic E-state index is -0.184. The van der Waals surface area contributed by atoms with E-state index in [1.54, 1.807) is 24.3 Å². The first-order valence-corrected chi connectivity index (χ1v) is 11.5. The third-order valence-electron chi connectivity index (χ3n) is 5.82. The molecule has 34 heavy (non-hydrogen) atoms. The summed E-state index contributed by atoms with van der Waals surface area (Å²) in [5.74, 6) is -0.249. The zero-order valence-electron chi connectivity index (χ0n) is 19.4. The van der Waals surface area contributed by atoms with Gasteiger partial charge in [0.15, 0.2) is 5.78 Å². The number of aryl methyl sites for hydroxylation is 1. The molecule has 0 heterocycles. The van der Waals surface area contributed by atoms with E-state index < -0.39 is 0 Å². The van der Waals surface area contributed by atoms with Crippen molar-refractivity contribution in [3.63, 3.8) is 0 Å². The van der Waals surface area contributed by atoms with Crippen LogP contribution in [0, 0.1) is 6.92 Å². The maximum Gasteiger partial charge on any atom is 0.252 e. The van der Waals surface area contributed by atoms with Crippen molar-refractivity contribution in [2.45, 2.75) is 39.3 Å². The van der Waals surface area contributed by atoms with Gasteiger partial charge in [0.1, 0.15) is 0 Å². The van der Waals surface area contributed by atoms with Gasteiger partial charge in [0.25, 0.3) is 11.8 Å². The van der Waals surface area contributed by atoms with Crippen LogP contribution in [0.5, 0.6) is 0 Å². The third kappa shape index (κ3) is 6.07. The van der Waals surface area contributed by atoms with Crippen molar-refractivity contribution in [3.8, 4) is 0 Å². The molecule has 172 valence electrons. The summed E-state index contributed by atoms with van der Waals surface area (Å²) in [6, 6.07) is 22.6. The Kier molecular flexibility index (Phi) is 7.02. The highest BCUT2D eigenvalue weighted by atomic mass is 16.2. The average molecular weight is 453 g/mol. The van der Waals surface area contributed by atoms with Gasteiger partial charge in [-0.2, -0.15) is 0 Å². The largest absolute Gasteiger partial charge is 0.349 e. The first-order chi connectivity index (χ1) is 16.4. The molecule has 0 aliphatic heterocycles. The van der Waals surface area contributed by atoms with Gasteiger partial charge >= 0.3 is 0 Å². The molecule has 5 heteroatoms. The number of ketones is 1. The lowest BCUT2D eigenvalue weighted by Crippen LogP contribution is -2.26. The highest BCUT2D eigenvalue weighted by molar-refractivity contribution is 6.24. The van der Waals surface area contributed by atoms with Crippen molar-refractivity contribution >= 4 is 29.2 Å². The molecule has 0 unspecified atom stereocenters. The Morgan fingerprint density at radius 1 is 0.824 bits per heavy atom. The Labute approximate surface area is 199 Å². The first kappa shape index (κ1) is 23.2. The highest BCUT2D eigenvalue weighted by Crippen LogP contribution is 2.24. The number of Topliss-reactive ketones (excluding diaryl/α,β-unsaturated/α-hetero) is 1. The van der Waals surface area contributed by atoms with E-state index >= 15 is 0 Å². The van der Waals surface area contributed by atoms with Gasteiger partial charge in [0.2, 0.25) is 0 Å². The van der Waals surface area contributed by atoms with Crippen LogP contribution in [0.1, 0.15) is 62.7 Å². The second kappa shape index (κ2) is 10.3. The lowest BCUT2D eigenvalue weighted by atomic mass is 10.00. The molecule has 2 amide bonds. The van der Waals surface area contributed by atoms with Crippen LogP contribution in [0.15, 0.2) is 72.8 Å². The number of carbonyl (C=O) groups excluding carboxylic acids is 3. The number of amides is 2. The van der Waals surface area contributed by atoms with E-state index in [4.69, 9.17) is 0 Å². The fourth-order valence-corrected chi connectivity index (χ4v) is 3.54. The van der Waals surface area contributed by atoms with Crippen molar-refractivity contribution in [1.82, 2.24) is 10.6 Å². The van der Waals surface area contributed by atoms with E-state index in [0.717, 1.165) is 35.1 Å². The molecule has 3 aromatic rings. The van der Waals surface area contributed by atoms with Crippen molar-refractivity contribution in [2.75, 3.05) is 0 Å². The minimum Gasteiger partial charge on any atom is -0.349 e. The molecule has 3 aromatic carbocycles. The molecule has 1 saturated carbocycles. The smallest absolute Gasteiger partial charge is 0.252 e. The molecular weight excluding hydrogens is 424 g/mol. The molecule has 1 fully saturated rings. The number of carbonyl (C=O) groups is 3. The lowest BCUT2D eigenvalue weighted by molar-refractivity contribution is -0.115. The number of rotatable bonds is 8. The Bertz CT molecular complexity index is 1220. The van der Waals surface area contributed by atoms with Crippen LogP contribution in [-0.4, -0.2) is 23.6 Å². The quantitative estimate of drug-likeness (QED) is 0.289. The monoisotopic (exact) mass is 452 g/mol. The van der Waals surface area contributed by atoms with E-state index in [2.05, 4.69) is 10.6 Å². The molecule has 5 nitrogen and oxygen atoms in total. The predicted molar refractivity (Wildman–Crippen MR) is 134 cm³/mol. The maximum absolute atomic E-state index is 12.9. The zero-order chi connectivity index (χ0) is 24.1.